The lowest BCUT2D eigenvalue weighted by Gasteiger charge is -2.32. The van der Waals surface area contributed by atoms with Gasteiger partial charge >= 0.3 is 0 Å². The molecular formula is C24H25FN4O. The molecule has 2 aromatic carbocycles. The molecule has 154 valence electrons. The molecule has 1 saturated heterocycles. The molecule has 5 nitrogen and oxygen atoms in total. The molecule has 0 bridgehead atoms. The fourth-order valence-electron chi connectivity index (χ4n) is 3.69. The third-order valence-electron chi connectivity index (χ3n) is 5.48. The molecular weight excluding hydrogens is 379 g/mol. The van der Waals surface area contributed by atoms with Crippen molar-refractivity contribution in [2.75, 3.05) is 18.0 Å². The summed E-state index contributed by atoms with van der Waals surface area (Å²) >= 11 is 0. The molecule has 0 saturated carbocycles. The van der Waals surface area contributed by atoms with Gasteiger partial charge in [0.2, 0.25) is 11.9 Å². The molecule has 1 aliphatic heterocycles. The molecule has 1 aromatic heterocycles. The molecule has 1 fully saturated rings. The fraction of sp³-hybridized carbons (Fsp3) is 0.292. The smallest absolute Gasteiger partial charge is 0.225 e. The first-order valence-corrected chi connectivity index (χ1v) is 10.2. The predicted molar refractivity (Wildman–Crippen MR) is 115 cm³/mol. The van der Waals surface area contributed by atoms with Gasteiger partial charge in [-0.25, -0.2) is 14.4 Å². The molecule has 30 heavy (non-hydrogen) atoms. The number of aryl methyl sites for hydroxylation is 1. The minimum Gasteiger partial charge on any atom is -0.352 e. The number of anilines is 1. The van der Waals surface area contributed by atoms with E-state index in [-0.39, 0.29) is 17.6 Å². The summed E-state index contributed by atoms with van der Waals surface area (Å²) in [7, 11) is 0. The van der Waals surface area contributed by atoms with E-state index in [1.54, 1.807) is 12.1 Å². The van der Waals surface area contributed by atoms with Crippen molar-refractivity contribution in [3.8, 4) is 11.1 Å². The van der Waals surface area contributed by atoms with Crippen LogP contribution in [0.4, 0.5) is 10.3 Å². The Balaban J connectivity index is 1.36. The van der Waals surface area contributed by atoms with Crippen LogP contribution in [0.5, 0.6) is 0 Å². The van der Waals surface area contributed by atoms with Gasteiger partial charge in [0, 0.05) is 37.6 Å². The maximum absolute atomic E-state index is 13.0. The van der Waals surface area contributed by atoms with Crippen LogP contribution in [-0.4, -0.2) is 29.0 Å². The topological polar surface area (TPSA) is 58.1 Å². The summed E-state index contributed by atoms with van der Waals surface area (Å²) in [6.45, 7) is 3.90. The zero-order chi connectivity index (χ0) is 20.9. The summed E-state index contributed by atoms with van der Waals surface area (Å²) in [5, 5.41) is 2.97. The van der Waals surface area contributed by atoms with Crippen LogP contribution in [0, 0.1) is 18.7 Å². The first-order valence-electron chi connectivity index (χ1n) is 10.2. The van der Waals surface area contributed by atoms with Gasteiger partial charge in [-0.1, -0.05) is 42.0 Å². The van der Waals surface area contributed by atoms with Gasteiger partial charge in [-0.05, 0) is 43.0 Å². The van der Waals surface area contributed by atoms with Crippen molar-refractivity contribution in [2.45, 2.75) is 26.3 Å². The van der Waals surface area contributed by atoms with Gasteiger partial charge in [0.1, 0.15) is 5.82 Å². The van der Waals surface area contributed by atoms with Crippen molar-refractivity contribution in [3.63, 3.8) is 0 Å². The summed E-state index contributed by atoms with van der Waals surface area (Å²) in [4.78, 5) is 23.8. The molecule has 0 aliphatic carbocycles. The highest BCUT2D eigenvalue weighted by atomic mass is 19.1. The number of hydrogen-bond donors (Lipinski definition) is 1. The van der Waals surface area contributed by atoms with E-state index in [1.165, 1.54) is 17.7 Å². The van der Waals surface area contributed by atoms with Crippen LogP contribution >= 0.6 is 0 Å². The Morgan fingerprint density at radius 2 is 1.77 bits per heavy atom. The number of carbonyl (C=O) groups is 1. The molecule has 3 aromatic rings. The van der Waals surface area contributed by atoms with Gasteiger partial charge in [0.15, 0.2) is 0 Å². The number of amides is 1. The Kier molecular flexibility index (Phi) is 6.02. The second kappa shape index (κ2) is 9.03. The van der Waals surface area contributed by atoms with Crippen molar-refractivity contribution in [2.24, 2.45) is 5.92 Å². The minimum absolute atomic E-state index is 0.0142. The third kappa shape index (κ3) is 4.82. The van der Waals surface area contributed by atoms with Gasteiger partial charge in [-0.15, -0.1) is 0 Å². The van der Waals surface area contributed by atoms with E-state index < -0.39 is 0 Å². The second-order valence-corrected chi connectivity index (χ2v) is 7.77. The second-order valence-electron chi connectivity index (χ2n) is 7.77. The van der Waals surface area contributed by atoms with Crippen LogP contribution in [0.2, 0.25) is 0 Å². The third-order valence-corrected chi connectivity index (χ3v) is 5.48. The summed E-state index contributed by atoms with van der Waals surface area (Å²) in [6, 6.07) is 14.5. The summed E-state index contributed by atoms with van der Waals surface area (Å²) in [5.41, 5.74) is 4.16. The van der Waals surface area contributed by atoms with Crippen LogP contribution in [0.3, 0.4) is 0 Å². The molecule has 2 heterocycles. The van der Waals surface area contributed by atoms with E-state index in [9.17, 15) is 9.18 Å². The monoisotopic (exact) mass is 404 g/mol. The van der Waals surface area contributed by atoms with Crippen molar-refractivity contribution < 1.29 is 9.18 Å². The molecule has 1 amide bonds. The standard InChI is InChI=1S/C24H25FN4O/c1-17-4-8-19(9-5-17)21-14-27-24(28-15-21)29-12-2-3-20(16-29)23(30)26-13-18-6-10-22(25)11-7-18/h4-11,14-15,20H,2-3,12-13,16H2,1H3,(H,26,30)/t20-/m0/s1. The van der Waals surface area contributed by atoms with Crippen LogP contribution in [0.15, 0.2) is 60.9 Å². The zero-order valence-electron chi connectivity index (χ0n) is 17.0. The molecule has 1 aliphatic rings. The summed E-state index contributed by atoms with van der Waals surface area (Å²) < 4.78 is 13.0. The average molecular weight is 404 g/mol. The van der Waals surface area contributed by atoms with Crippen LogP contribution in [0.25, 0.3) is 11.1 Å². The number of nitrogens with one attached hydrogen (secondary N) is 1. The van der Waals surface area contributed by atoms with E-state index in [4.69, 9.17) is 0 Å². The molecule has 6 heteroatoms. The maximum Gasteiger partial charge on any atom is 0.225 e. The first kappa shape index (κ1) is 20.0. The van der Waals surface area contributed by atoms with Gasteiger partial charge in [0.05, 0.1) is 5.92 Å². The largest absolute Gasteiger partial charge is 0.352 e. The first-order chi connectivity index (χ1) is 14.6. The summed E-state index contributed by atoms with van der Waals surface area (Å²) in [5.74, 6) is 0.281. The van der Waals surface area contributed by atoms with Crippen LogP contribution < -0.4 is 10.2 Å². The molecule has 0 radical (unpaired) electrons. The fourth-order valence-corrected chi connectivity index (χ4v) is 3.69. The highest BCUT2D eigenvalue weighted by molar-refractivity contribution is 5.79. The molecule has 1 N–H and O–H groups in total. The quantitative estimate of drug-likeness (QED) is 0.695. The molecule has 1 atom stereocenters. The summed E-state index contributed by atoms with van der Waals surface area (Å²) in [6.07, 6.45) is 5.43. The SMILES string of the molecule is Cc1ccc(-c2cnc(N3CCC[C@H](C(=O)NCc4ccc(F)cc4)C3)nc2)cc1. The predicted octanol–water partition coefficient (Wildman–Crippen LogP) is 4.12. The number of piperidine rings is 1. The van der Waals surface area contributed by atoms with E-state index in [2.05, 4.69) is 51.4 Å². The molecule has 0 spiro atoms. The number of rotatable bonds is 5. The zero-order valence-corrected chi connectivity index (χ0v) is 17.0. The Morgan fingerprint density at radius 3 is 2.47 bits per heavy atom. The Hall–Kier alpha value is -3.28. The number of hydrogen-bond acceptors (Lipinski definition) is 4. The van der Waals surface area contributed by atoms with Gasteiger partial charge in [0.25, 0.3) is 0 Å². The molecule has 4 rings (SSSR count). The number of halogens is 1. The molecule has 0 unspecified atom stereocenters. The Morgan fingerprint density at radius 1 is 1.07 bits per heavy atom. The lowest BCUT2D eigenvalue weighted by molar-refractivity contribution is -0.125. The van der Waals surface area contributed by atoms with E-state index in [0.29, 0.717) is 19.0 Å². The highest BCUT2D eigenvalue weighted by Gasteiger charge is 2.27. The Labute approximate surface area is 176 Å². The minimum atomic E-state index is -0.276. The van der Waals surface area contributed by atoms with Crippen molar-refractivity contribution in [3.05, 3.63) is 77.9 Å². The van der Waals surface area contributed by atoms with Crippen LogP contribution in [0.1, 0.15) is 24.0 Å². The van der Waals surface area contributed by atoms with Crippen molar-refractivity contribution >= 4 is 11.9 Å². The number of carbonyl (C=O) groups excluding carboxylic acids is 1. The van der Waals surface area contributed by atoms with Crippen molar-refractivity contribution in [1.29, 1.82) is 0 Å². The number of nitrogens with zero attached hydrogens (tertiary/aromatic N) is 3. The number of benzene rings is 2. The van der Waals surface area contributed by atoms with E-state index >= 15 is 0 Å². The van der Waals surface area contributed by atoms with Gasteiger partial charge in [-0.3, -0.25) is 4.79 Å². The van der Waals surface area contributed by atoms with Crippen LogP contribution in [-0.2, 0) is 11.3 Å². The van der Waals surface area contributed by atoms with Gasteiger partial charge in [-0.2, -0.15) is 0 Å². The number of aromatic nitrogens is 2. The van der Waals surface area contributed by atoms with Gasteiger partial charge < -0.3 is 10.2 Å². The highest BCUT2D eigenvalue weighted by Crippen LogP contribution is 2.23. The van der Waals surface area contributed by atoms with Crippen molar-refractivity contribution in [1.82, 2.24) is 15.3 Å². The normalized spacial score (nSPS) is 16.3. The maximum atomic E-state index is 13.0. The lowest BCUT2D eigenvalue weighted by atomic mass is 9.97. The lowest BCUT2D eigenvalue weighted by Crippen LogP contribution is -2.43. The Bertz CT molecular complexity index is 987. The van der Waals surface area contributed by atoms with E-state index in [0.717, 1.165) is 36.1 Å². The average Bonchev–Trinajstić information content (AvgIpc) is 2.79. The van der Waals surface area contributed by atoms with E-state index in [1.807, 2.05) is 12.4 Å².